The summed E-state index contributed by atoms with van der Waals surface area (Å²) in [5, 5.41) is 31.6. The highest BCUT2D eigenvalue weighted by Gasteiger charge is 2.31. The minimum Gasteiger partial charge on any atom is -0.309 e. The molecule has 0 aliphatic rings. The molecule has 16 aromatic rings. The van der Waals surface area contributed by atoms with Crippen LogP contribution < -0.4 is 0 Å². The predicted octanol–water partition coefficient (Wildman–Crippen LogP) is 21.0. The van der Waals surface area contributed by atoms with Crippen LogP contribution >= 0.6 is 0 Å². The summed E-state index contributed by atoms with van der Waals surface area (Å²) in [6.45, 7) is 20.3. The summed E-state index contributed by atoms with van der Waals surface area (Å²) in [4.78, 5) is 10.5. The van der Waals surface area contributed by atoms with Crippen LogP contribution in [0.2, 0.25) is 0 Å². The van der Waals surface area contributed by atoms with E-state index in [0.717, 1.165) is 107 Å². The molecule has 0 saturated carbocycles. The second kappa shape index (κ2) is 20.9. The van der Waals surface area contributed by atoms with Crippen molar-refractivity contribution in [3.8, 4) is 57.4 Å². The standard InChI is InChI=1S/C84H66N8/c1-50-28-34-68-60(42-50)61-43-51(2)29-35-69(61)90(68)74-25-15-19-55(49-86)79(74)82-77(27-17-41-88-82)92-72-36-30-52(3)44-64(72)80-65(53(4)31-37-75(80)92)47-84(8,9)57-33-39-70-63(46-57)59-21-10-12-22-66(59)89(70)73-24-14-18-54(48-85)78(73)81-76(26-16-40-87-81)91-67-23-13-11-20-58(67)62-45-56(83(5,6)7)32-38-71(62)91/h10-46H,47H2,1-9H3. The molecule has 8 nitrogen and oxygen atoms in total. The molecule has 0 aliphatic heterocycles. The van der Waals surface area contributed by atoms with Crippen LogP contribution in [0.5, 0.6) is 0 Å². The lowest BCUT2D eigenvalue weighted by atomic mass is 9.77. The summed E-state index contributed by atoms with van der Waals surface area (Å²) < 4.78 is 9.38. The lowest BCUT2D eigenvalue weighted by Gasteiger charge is -2.27. The van der Waals surface area contributed by atoms with Gasteiger partial charge in [-0.2, -0.15) is 10.5 Å². The Balaban J connectivity index is 0.842. The van der Waals surface area contributed by atoms with Crippen LogP contribution in [-0.2, 0) is 17.3 Å². The monoisotopic (exact) mass is 1190 g/mol. The molecule has 10 aromatic carbocycles. The van der Waals surface area contributed by atoms with Crippen molar-refractivity contribution in [2.24, 2.45) is 0 Å². The summed E-state index contributed by atoms with van der Waals surface area (Å²) in [5.41, 5.74) is 24.4. The Bertz CT molecular complexity index is 5830. The topological polar surface area (TPSA) is 93.1 Å². The van der Waals surface area contributed by atoms with E-state index >= 15 is 0 Å². The minimum absolute atomic E-state index is 0.0313. The SMILES string of the molecule is Cc1ccc2c(c1)c1cc(C)ccc1n2-c1cccc(C#N)c1-c1ncccc1-n1c2ccc(C)cc2c2c(CC(C)(C)c3ccc4c(c3)c3ccccc3n4-c3cccc(C#N)c3-c3ncccc3-n3c4ccccc4c4cc(C(C)(C)C)ccc43)c(C)ccc21. The molecule has 0 amide bonds. The first kappa shape index (κ1) is 56.0. The minimum atomic E-state index is -0.362. The van der Waals surface area contributed by atoms with Crippen molar-refractivity contribution in [1.29, 1.82) is 10.5 Å². The van der Waals surface area contributed by atoms with Crippen molar-refractivity contribution in [2.45, 2.75) is 79.6 Å². The molecule has 442 valence electrons. The first-order valence-electron chi connectivity index (χ1n) is 31.7. The summed E-state index contributed by atoms with van der Waals surface area (Å²) in [7, 11) is 0. The van der Waals surface area contributed by atoms with Crippen molar-refractivity contribution in [1.82, 2.24) is 28.2 Å². The number of nitriles is 2. The highest BCUT2D eigenvalue weighted by atomic mass is 15.0. The largest absolute Gasteiger partial charge is 0.309 e. The van der Waals surface area contributed by atoms with Gasteiger partial charge < -0.3 is 18.3 Å². The molecule has 0 saturated heterocycles. The Hall–Kier alpha value is -11.3. The average Bonchev–Trinajstić information content (AvgIpc) is 1.56. The van der Waals surface area contributed by atoms with Crippen LogP contribution in [0.25, 0.3) is 132 Å². The Morgan fingerprint density at radius 3 is 1.25 bits per heavy atom. The van der Waals surface area contributed by atoms with Gasteiger partial charge in [0.15, 0.2) is 0 Å². The van der Waals surface area contributed by atoms with Gasteiger partial charge in [0.05, 0.1) is 102 Å². The number of nitrogens with zero attached hydrogens (tertiary/aromatic N) is 8. The van der Waals surface area contributed by atoms with Crippen LogP contribution in [0, 0.1) is 50.4 Å². The maximum atomic E-state index is 11.1. The third-order valence-corrected chi connectivity index (χ3v) is 19.5. The van der Waals surface area contributed by atoms with E-state index in [1.54, 1.807) is 0 Å². The van der Waals surface area contributed by atoms with Gasteiger partial charge in [0.1, 0.15) is 0 Å². The molecule has 0 unspecified atom stereocenters. The van der Waals surface area contributed by atoms with Gasteiger partial charge >= 0.3 is 0 Å². The summed E-state index contributed by atoms with van der Waals surface area (Å²) in [5.74, 6) is 0. The number of fused-ring (bicyclic) bond motifs is 12. The van der Waals surface area contributed by atoms with E-state index in [0.29, 0.717) is 11.1 Å². The quantitative estimate of drug-likeness (QED) is 0.144. The first-order chi connectivity index (χ1) is 44.6. The number of pyridine rings is 2. The number of para-hydroxylation sites is 2. The molecule has 0 bridgehead atoms. The van der Waals surface area contributed by atoms with E-state index in [-0.39, 0.29) is 10.8 Å². The Morgan fingerprint density at radius 2 is 0.750 bits per heavy atom. The Morgan fingerprint density at radius 1 is 0.359 bits per heavy atom. The van der Waals surface area contributed by atoms with Gasteiger partial charge in [-0.25, -0.2) is 0 Å². The molecule has 8 heteroatoms. The molecular formula is C84H66N8. The van der Waals surface area contributed by atoms with E-state index in [9.17, 15) is 10.5 Å². The number of rotatable bonds is 9. The molecule has 0 atom stereocenters. The van der Waals surface area contributed by atoms with Crippen LogP contribution in [0.1, 0.15) is 84.7 Å². The van der Waals surface area contributed by atoms with E-state index in [2.05, 4.69) is 269 Å². The normalized spacial score (nSPS) is 12.2. The van der Waals surface area contributed by atoms with Gasteiger partial charge in [-0.1, -0.05) is 136 Å². The smallest absolute Gasteiger partial charge is 0.0999 e. The fourth-order valence-electron chi connectivity index (χ4n) is 15.0. The van der Waals surface area contributed by atoms with Gasteiger partial charge in [-0.3, -0.25) is 9.97 Å². The molecule has 0 N–H and O–H groups in total. The highest BCUT2D eigenvalue weighted by molar-refractivity contribution is 6.15. The highest BCUT2D eigenvalue weighted by Crippen LogP contribution is 2.47. The molecule has 0 radical (unpaired) electrons. The van der Waals surface area contributed by atoms with Gasteiger partial charge in [0.2, 0.25) is 0 Å². The lowest BCUT2D eigenvalue weighted by molar-refractivity contribution is 0.524. The van der Waals surface area contributed by atoms with Gasteiger partial charge in [0, 0.05) is 66.6 Å². The van der Waals surface area contributed by atoms with Crippen LogP contribution in [-0.4, -0.2) is 28.2 Å². The number of benzene rings is 10. The zero-order valence-corrected chi connectivity index (χ0v) is 53.1. The number of aromatic nitrogens is 6. The van der Waals surface area contributed by atoms with E-state index < -0.39 is 0 Å². The fraction of sp³-hybridized carbons (Fsp3) is 0.143. The van der Waals surface area contributed by atoms with E-state index in [1.165, 1.54) is 71.3 Å². The van der Waals surface area contributed by atoms with Crippen molar-refractivity contribution in [2.75, 3.05) is 0 Å². The van der Waals surface area contributed by atoms with E-state index in [4.69, 9.17) is 9.97 Å². The van der Waals surface area contributed by atoms with Gasteiger partial charge in [-0.15, -0.1) is 0 Å². The summed E-state index contributed by atoms with van der Waals surface area (Å²) in [6, 6.07) is 81.4. The maximum absolute atomic E-state index is 11.1. The molecular weight excluding hydrogens is 1120 g/mol. The summed E-state index contributed by atoms with van der Waals surface area (Å²) in [6.07, 6.45) is 4.45. The predicted molar refractivity (Wildman–Crippen MR) is 381 cm³/mol. The number of hydrogen-bond acceptors (Lipinski definition) is 4. The van der Waals surface area contributed by atoms with Crippen molar-refractivity contribution < 1.29 is 0 Å². The third kappa shape index (κ3) is 8.55. The summed E-state index contributed by atoms with van der Waals surface area (Å²) >= 11 is 0. The third-order valence-electron chi connectivity index (χ3n) is 19.5. The van der Waals surface area contributed by atoms with Crippen molar-refractivity contribution >= 4 is 87.2 Å². The van der Waals surface area contributed by atoms with Crippen LogP contribution in [0.3, 0.4) is 0 Å². The van der Waals surface area contributed by atoms with Gasteiger partial charge in [0.25, 0.3) is 0 Å². The second-order valence-corrected chi connectivity index (χ2v) is 26.8. The zero-order valence-electron chi connectivity index (χ0n) is 53.1. The van der Waals surface area contributed by atoms with Crippen molar-refractivity contribution in [3.63, 3.8) is 0 Å². The fourth-order valence-corrected chi connectivity index (χ4v) is 15.0. The average molecular weight is 1190 g/mol. The molecule has 16 rings (SSSR count). The molecule has 6 aromatic heterocycles. The van der Waals surface area contributed by atoms with Gasteiger partial charge in [-0.05, 0) is 195 Å². The Kier molecular flexibility index (Phi) is 12.7. The van der Waals surface area contributed by atoms with Crippen LogP contribution in [0.15, 0.2) is 225 Å². The maximum Gasteiger partial charge on any atom is 0.0999 e. The molecule has 0 fully saturated rings. The zero-order chi connectivity index (χ0) is 63.1. The first-order valence-corrected chi connectivity index (χ1v) is 31.7. The second-order valence-electron chi connectivity index (χ2n) is 26.8. The molecule has 0 spiro atoms. The Labute approximate surface area is 534 Å². The number of hydrogen-bond donors (Lipinski definition) is 0. The lowest BCUT2D eigenvalue weighted by Crippen LogP contribution is -2.21. The molecule has 92 heavy (non-hydrogen) atoms. The van der Waals surface area contributed by atoms with Crippen molar-refractivity contribution in [3.05, 3.63) is 275 Å². The van der Waals surface area contributed by atoms with Crippen LogP contribution in [0.4, 0.5) is 0 Å². The molecule has 6 heterocycles. The molecule has 0 aliphatic carbocycles. The van der Waals surface area contributed by atoms with E-state index in [1.807, 2.05) is 48.8 Å². The number of aryl methyl sites for hydroxylation is 4.